The van der Waals surface area contributed by atoms with Crippen LogP contribution in [0.4, 0.5) is 0 Å². The zero-order valence-corrected chi connectivity index (χ0v) is 44.2. The van der Waals surface area contributed by atoms with Gasteiger partial charge in [-0.3, -0.25) is 0 Å². The number of fused-ring (bicyclic) bond motifs is 10. The van der Waals surface area contributed by atoms with E-state index < -0.39 is 0 Å². The summed E-state index contributed by atoms with van der Waals surface area (Å²) in [5, 5.41) is 6.69. The third kappa shape index (κ3) is 7.90. The molecule has 2 aliphatic rings. The average molecular weight is 1040 g/mol. The van der Waals surface area contributed by atoms with Crippen LogP contribution in [0.2, 0.25) is 0 Å². The topological polar surface area (TPSA) is 61.7 Å². The van der Waals surface area contributed by atoms with Gasteiger partial charge in [0.15, 0.2) is 17.5 Å². The third-order valence-corrected chi connectivity index (χ3v) is 16.5. The van der Waals surface area contributed by atoms with Gasteiger partial charge in [-0.1, -0.05) is 206 Å². The maximum atomic E-state index is 7.27. The molecule has 4 heterocycles. The molecule has 10 aromatic carbocycles. The molecule has 4 aromatic heterocycles. The Hall–Kier alpha value is -10.4. The van der Waals surface area contributed by atoms with Crippen molar-refractivity contribution in [1.82, 2.24) is 24.1 Å². The van der Waals surface area contributed by atoms with Crippen LogP contribution in [0.15, 0.2) is 271 Å². The van der Waals surface area contributed by atoms with Gasteiger partial charge in [0.1, 0.15) is 11.2 Å². The molecule has 0 amide bonds. The molecule has 382 valence electrons. The van der Waals surface area contributed by atoms with Gasteiger partial charge in [0, 0.05) is 66.4 Å². The maximum Gasteiger partial charge on any atom is 0.164 e. The van der Waals surface area contributed by atoms with Gasteiger partial charge in [0.05, 0.1) is 33.1 Å². The van der Waals surface area contributed by atoms with Crippen molar-refractivity contribution in [3.63, 3.8) is 0 Å². The van der Waals surface area contributed by atoms with Crippen molar-refractivity contribution >= 4 is 76.7 Å². The zero-order chi connectivity index (χ0) is 53.4. The second kappa shape index (κ2) is 19.2. The molecular formula is C75H51N5O. The van der Waals surface area contributed by atoms with Crippen LogP contribution in [0.1, 0.15) is 42.1 Å². The Morgan fingerprint density at radius 3 is 1.75 bits per heavy atom. The Balaban J connectivity index is 0.982. The lowest BCUT2D eigenvalue weighted by Crippen LogP contribution is -2.07. The van der Waals surface area contributed by atoms with Crippen molar-refractivity contribution in [2.45, 2.75) is 25.2 Å². The SMILES string of the molecule is C1=CC(c2nc(-c3ccccc3)nc(-c3cc(C4=CCC(c5ccccc5)C=C4)c(-n4c5ccccc5c5c6oc7cc8c9ccccc9n(-c9ccccc9)c8cc7c6ccc54)c(-c4ccc(-c5ccccc5)cc4)c3)n2)=CCC1. The fourth-order valence-electron chi connectivity index (χ4n) is 12.7. The van der Waals surface area contributed by atoms with Gasteiger partial charge in [0.2, 0.25) is 0 Å². The Morgan fingerprint density at radius 1 is 0.395 bits per heavy atom. The summed E-state index contributed by atoms with van der Waals surface area (Å²) in [6.45, 7) is 0. The number of aromatic nitrogens is 5. The molecule has 6 nitrogen and oxygen atoms in total. The first-order valence-electron chi connectivity index (χ1n) is 28.0. The minimum atomic E-state index is 0.243. The number of hydrogen-bond donors (Lipinski definition) is 0. The smallest absolute Gasteiger partial charge is 0.164 e. The quantitative estimate of drug-likeness (QED) is 0.145. The standard InChI is InChI=1S/C75H51N5O/c1-6-20-48(21-7-1)50-34-38-52(39-35-50)61-44-56(75-77-73(54-24-10-3-11-25-54)76-74(78-75)55-26-12-4-13-27-55)45-62(53-40-36-51(37-41-53)49-22-8-2-9-23-49)71(61)80-66-33-19-17-31-60(66)70-67(80)43-42-59-64-46-68-63(47-69(64)81-72(59)70)58-30-16-18-32-65(58)79(68)57-28-14-5-15-29-57/h1-3,5-12,14-36,38-47,51H,4,13,37H2. The van der Waals surface area contributed by atoms with Gasteiger partial charge in [0.25, 0.3) is 0 Å². The number of nitrogens with zero attached hydrogens (tertiary/aromatic N) is 5. The zero-order valence-electron chi connectivity index (χ0n) is 44.2. The van der Waals surface area contributed by atoms with Crippen molar-refractivity contribution in [3.05, 3.63) is 284 Å². The summed E-state index contributed by atoms with van der Waals surface area (Å²) >= 11 is 0. The molecule has 14 aromatic rings. The predicted molar refractivity (Wildman–Crippen MR) is 335 cm³/mol. The van der Waals surface area contributed by atoms with Crippen LogP contribution in [-0.2, 0) is 0 Å². The maximum absolute atomic E-state index is 7.27. The van der Waals surface area contributed by atoms with Crippen molar-refractivity contribution in [1.29, 1.82) is 0 Å². The molecule has 0 N–H and O–H groups in total. The molecule has 0 saturated heterocycles. The first-order valence-corrected chi connectivity index (χ1v) is 28.0. The van der Waals surface area contributed by atoms with Crippen molar-refractivity contribution in [3.8, 4) is 56.4 Å². The van der Waals surface area contributed by atoms with Crippen LogP contribution in [0.3, 0.4) is 0 Å². The van der Waals surface area contributed by atoms with E-state index in [4.69, 9.17) is 19.4 Å². The lowest BCUT2D eigenvalue weighted by molar-refractivity contribution is 0.673. The second-order valence-corrected chi connectivity index (χ2v) is 21.3. The highest BCUT2D eigenvalue weighted by Crippen LogP contribution is 2.48. The second-order valence-electron chi connectivity index (χ2n) is 21.3. The summed E-state index contributed by atoms with van der Waals surface area (Å²) in [4.78, 5) is 15.9. The molecule has 0 radical (unpaired) electrons. The molecular weight excluding hydrogens is 987 g/mol. The van der Waals surface area contributed by atoms with E-state index in [1.165, 1.54) is 22.0 Å². The minimum absolute atomic E-state index is 0.243. The summed E-state index contributed by atoms with van der Waals surface area (Å²) in [7, 11) is 0. The number of benzene rings is 10. The molecule has 2 aliphatic carbocycles. The summed E-state index contributed by atoms with van der Waals surface area (Å²) in [6.07, 6.45) is 16.5. The lowest BCUT2D eigenvalue weighted by atomic mass is 9.85. The van der Waals surface area contributed by atoms with E-state index in [1.807, 2.05) is 18.2 Å². The number of rotatable bonds is 9. The fraction of sp³-hybridized carbons (Fsp3) is 0.0533. The monoisotopic (exact) mass is 1040 g/mol. The molecule has 16 rings (SSSR count). The van der Waals surface area contributed by atoms with E-state index in [0.29, 0.717) is 17.5 Å². The van der Waals surface area contributed by atoms with E-state index in [9.17, 15) is 0 Å². The summed E-state index contributed by atoms with van der Waals surface area (Å²) in [5.74, 6) is 2.16. The lowest BCUT2D eigenvalue weighted by Gasteiger charge is -2.23. The highest BCUT2D eigenvalue weighted by molar-refractivity contribution is 6.26. The first kappa shape index (κ1) is 46.6. The molecule has 0 bridgehead atoms. The first-order chi connectivity index (χ1) is 40.2. The van der Waals surface area contributed by atoms with Crippen LogP contribution in [0.5, 0.6) is 0 Å². The van der Waals surface area contributed by atoms with Crippen molar-refractivity contribution < 1.29 is 4.42 Å². The van der Waals surface area contributed by atoms with Gasteiger partial charge in [-0.25, -0.2) is 15.0 Å². The Morgan fingerprint density at radius 2 is 1.02 bits per heavy atom. The van der Waals surface area contributed by atoms with Crippen LogP contribution in [0, 0.1) is 0 Å². The number of furan rings is 1. The van der Waals surface area contributed by atoms with E-state index in [0.717, 1.165) is 130 Å². The van der Waals surface area contributed by atoms with Gasteiger partial charge in [-0.2, -0.15) is 0 Å². The Labute approximate surface area is 468 Å². The molecule has 6 heteroatoms. The normalized spacial score (nSPS) is 14.4. The highest BCUT2D eigenvalue weighted by atomic mass is 16.3. The number of allylic oxidation sites excluding steroid dienone is 8. The average Bonchev–Trinajstić information content (AvgIpc) is 3.64. The largest absolute Gasteiger partial charge is 0.455 e. The van der Waals surface area contributed by atoms with Gasteiger partial charge < -0.3 is 13.6 Å². The molecule has 81 heavy (non-hydrogen) atoms. The number of hydrogen-bond acceptors (Lipinski definition) is 4. The molecule has 0 saturated carbocycles. The number of para-hydroxylation sites is 3. The van der Waals surface area contributed by atoms with E-state index >= 15 is 0 Å². The highest BCUT2D eigenvalue weighted by Gasteiger charge is 2.27. The molecule has 1 unspecified atom stereocenters. The third-order valence-electron chi connectivity index (χ3n) is 16.5. The van der Waals surface area contributed by atoms with Crippen LogP contribution in [-0.4, -0.2) is 24.1 Å². The Bertz CT molecular complexity index is 4930. The van der Waals surface area contributed by atoms with E-state index in [1.54, 1.807) is 0 Å². The van der Waals surface area contributed by atoms with Gasteiger partial charge in [-0.05, 0) is 108 Å². The summed E-state index contributed by atoms with van der Waals surface area (Å²) < 4.78 is 12.2. The van der Waals surface area contributed by atoms with Gasteiger partial charge >= 0.3 is 0 Å². The van der Waals surface area contributed by atoms with E-state index in [-0.39, 0.29) is 5.92 Å². The van der Waals surface area contributed by atoms with Crippen molar-refractivity contribution in [2.75, 3.05) is 0 Å². The minimum Gasteiger partial charge on any atom is -0.455 e. The van der Waals surface area contributed by atoms with Crippen molar-refractivity contribution in [2.24, 2.45) is 0 Å². The predicted octanol–water partition coefficient (Wildman–Crippen LogP) is 19.5. The van der Waals surface area contributed by atoms with E-state index in [2.05, 4.69) is 258 Å². The van der Waals surface area contributed by atoms with Crippen LogP contribution >= 0.6 is 0 Å². The summed E-state index contributed by atoms with van der Waals surface area (Å²) in [6, 6.07) is 82.8. The molecule has 0 spiro atoms. The van der Waals surface area contributed by atoms with Crippen LogP contribution < -0.4 is 0 Å². The summed E-state index contributed by atoms with van der Waals surface area (Å²) in [5.41, 5.74) is 19.1. The fourth-order valence-corrected chi connectivity index (χ4v) is 12.7. The van der Waals surface area contributed by atoms with Crippen LogP contribution in [0.25, 0.3) is 133 Å². The van der Waals surface area contributed by atoms with Gasteiger partial charge in [-0.15, -0.1) is 0 Å². The molecule has 1 atom stereocenters. The molecule has 0 fully saturated rings. The molecule has 0 aliphatic heterocycles. The Kier molecular flexibility index (Phi) is 11.0.